The molecule has 1 amide bonds. The van der Waals surface area contributed by atoms with Crippen molar-refractivity contribution in [2.45, 2.75) is 32.7 Å². The van der Waals surface area contributed by atoms with Crippen molar-refractivity contribution in [1.82, 2.24) is 14.8 Å². The molecule has 0 radical (unpaired) electrons. The Bertz CT molecular complexity index is 742. The second kappa shape index (κ2) is 6.64. The molecule has 0 aliphatic carbocycles. The number of aromatic nitrogens is 1. The van der Waals surface area contributed by atoms with Gasteiger partial charge >= 0.3 is 0 Å². The van der Waals surface area contributed by atoms with Gasteiger partial charge in [-0.2, -0.15) is 0 Å². The van der Waals surface area contributed by atoms with Crippen LogP contribution in [0.15, 0.2) is 41.1 Å². The molecule has 25 heavy (non-hydrogen) atoms. The summed E-state index contributed by atoms with van der Waals surface area (Å²) in [4.78, 5) is 21.4. The van der Waals surface area contributed by atoms with Crippen LogP contribution in [0, 0.1) is 12.3 Å². The third-order valence-electron chi connectivity index (χ3n) is 5.55. The maximum Gasteiger partial charge on any atom is 0.255 e. The van der Waals surface area contributed by atoms with E-state index in [1.807, 2.05) is 30.0 Å². The van der Waals surface area contributed by atoms with E-state index in [2.05, 4.69) is 16.0 Å². The smallest absolute Gasteiger partial charge is 0.255 e. The summed E-state index contributed by atoms with van der Waals surface area (Å²) in [6, 6.07) is 7.78. The van der Waals surface area contributed by atoms with Crippen LogP contribution in [-0.4, -0.2) is 46.9 Å². The van der Waals surface area contributed by atoms with Crippen molar-refractivity contribution in [3.63, 3.8) is 0 Å². The summed E-state index contributed by atoms with van der Waals surface area (Å²) in [7, 11) is 0. The van der Waals surface area contributed by atoms with Crippen LogP contribution < -0.4 is 0 Å². The Morgan fingerprint density at radius 3 is 2.92 bits per heavy atom. The van der Waals surface area contributed by atoms with E-state index in [1.165, 1.54) is 6.42 Å². The highest BCUT2D eigenvalue weighted by Gasteiger charge is 2.42. The van der Waals surface area contributed by atoms with Crippen LogP contribution in [0.1, 0.15) is 41.1 Å². The highest BCUT2D eigenvalue weighted by molar-refractivity contribution is 5.94. The summed E-state index contributed by atoms with van der Waals surface area (Å²) in [5.74, 6) is 2.12. The van der Waals surface area contributed by atoms with Crippen molar-refractivity contribution in [1.29, 1.82) is 0 Å². The number of hydrogen-bond acceptors (Lipinski definition) is 4. The van der Waals surface area contributed by atoms with Crippen LogP contribution >= 0.6 is 0 Å². The minimum Gasteiger partial charge on any atom is -0.465 e. The molecule has 1 spiro atoms. The lowest BCUT2D eigenvalue weighted by atomic mass is 9.79. The number of carbonyl (C=O) groups excluding carboxylic acids is 1. The fourth-order valence-electron chi connectivity index (χ4n) is 4.34. The fraction of sp³-hybridized carbons (Fsp3) is 0.500. The monoisotopic (exact) mass is 339 g/mol. The highest BCUT2D eigenvalue weighted by Crippen LogP contribution is 2.39. The first-order valence-corrected chi connectivity index (χ1v) is 9.11. The van der Waals surface area contributed by atoms with Crippen molar-refractivity contribution in [3.8, 4) is 0 Å². The lowest BCUT2D eigenvalue weighted by Crippen LogP contribution is -2.47. The molecule has 1 unspecified atom stereocenters. The van der Waals surface area contributed by atoms with Crippen LogP contribution in [0.3, 0.4) is 0 Å². The first kappa shape index (κ1) is 16.3. The third kappa shape index (κ3) is 3.47. The number of likely N-dealkylation sites (tertiary alicyclic amines) is 2. The molecule has 4 rings (SSSR count). The average molecular weight is 339 g/mol. The fourth-order valence-corrected chi connectivity index (χ4v) is 4.34. The van der Waals surface area contributed by atoms with E-state index in [1.54, 1.807) is 12.4 Å². The molecular weight excluding hydrogens is 314 g/mol. The molecule has 2 aromatic rings. The molecule has 2 fully saturated rings. The molecule has 5 heteroatoms. The van der Waals surface area contributed by atoms with Gasteiger partial charge in [0.15, 0.2) is 0 Å². The summed E-state index contributed by atoms with van der Waals surface area (Å²) in [6.07, 6.45) is 6.82. The van der Waals surface area contributed by atoms with E-state index in [0.29, 0.717) is 5.56 Å². The maximum atomic E-state index is 12.8. The van der Waals surface area contributed by atoms with Crippen molar-refractivity contribution >= 4 is 5.91 Å². The number of rotatable bonds is 3. The van der Waals surface area contributed by atoms with Gasteiger partial charge in [0.2, 0.25) is 0 Å². The summed E-state index contributed by atoms with van der Waals surface area (Å²) >= 11 is 0. The predicted molar refractivity (Wildman–Crippen MR) is 95.1 cm³/mol. The van der Waals surface area contributed by atoms with Crippen molar-refractivity contribution < 1.29 is 9.21 Å². The van der Waals surface area contributed by atoms with Crippen molar-refractivity contribution in [2.24, 2.45) is 5.41 Å². The van der Waals surface area contributed by atoms with Gasteiger partial charge in [-0.25, -0.2) is 0 Å². The number of piperidine rings is 1. The lowest BCUT2D eigenvalue weighted by Gasteiger charge is -2.40. The summed E-state index contributed by atoms with van der Waals surface area (Å²) < 4.78 is 5.73. The van der Waals surface area contributed by atoms with Gasteiger partial charge < -0.3 is 9.32 Å². The Kier molecular flexibility index (Phi) is 4.34. The number of pyridine rings is 1. The molecule has 0 bridgehead atoms. The van der Waals surface area contributed by atoms with Crippen molar-refractivity contribution in [2.75, 3.05) is 26.2 Å². The van der Waals surface area contributed by atoms with E-state index < -0.39 is 0 Å². The number of nitrogens with zero attached hydrogens (tertiary/aromatic N) is 3. The van der Waals surface area contributed by atoms with Crippen LogP contribution in [-0.2, 0) is 6.54 Å². The van der Waals surface area contributed by atoms with E-state index in [4.69, 9.17) is 4.42 Å². The molecule has 0 aromatic carbocycles. The molecule has 4 heterocycles. The van der Waals surface area contributed by atoms with Gasteiger partial charge in [0.25, 0.3) is 5.91 Å². The molecule has 1 atom stereocenters. The van der Waals surface area contributed by atoms with E-state index in [9.17, 15) is 4.79 Å². The molecule has 0 N–H and O–H groups in total. The summed E-state index contributed by atoms with van der Waals surface area (Å²) in [5.41, 5.74) is 0.929. The Hall–Kier alpha value is -2.14. The molecule has 2 aliphatic heterocycles. The zero-order valence-electron chi connectivity index (χ0n) is 14.8. The first-order chi connectivity index (χ1) is 12.1. The Morgan fingerprint density at radius 2 is 2.16 bits per heavy atom. The normalized spacial score (nSPS) is 24.1. The quantitative estimate of drug-likeness (QED) is 0.862. The lowest BCUT2D eigenvalue weighted by molar-refractivity contribution is 0.0524. The summed E-state index contributed by atoms with van der Waals surface area (Å²) in [6.45, 7) is 6.68. The molecular formula is C20H25N3O2. The molecule has 132 valence electrons. The molecule has 2 aromatic heterocycles. The number of amides is 1. The largest absolute Gasteiger partial charge is 0.465 e. The second-order valence-electron chi connectivity index (χ2n) is 7.54. The van der Waals surface area contributed by atoms with Crippen LogP contribution in [0.25, 0.3) is 0 Å². The molecule has 2 saturated heterocycles. The van der Waals surface area contributed by atoms with Gasteiger partial charge in [0.05, 0.1) is 12.1 Å². The maximum absolute atomic E-state index is 12.8. The standard InChI is InChI=1S/C20H25N3O2/c1-16-5-6-18(25-16)13-22-11-8-20(14-22)7-3-10-23(15-20)19(24)17-4-2-9-21-12-17/h2,4-6,9,12H,3,7-8,10-11,13-15H2,1H3. The topological polar surface area (TPSA) is 49.6 Å². The third-order valence-corrected chi connectivity index (χ3v) is 5.55. The first-order valence-electron chi connectivity index (χ1n) is 9.11. The van der Waals surface area contributed by atoms with E-state index in [-0.39, 0.29) is 11.3 Å². The molecule has 5 nitrogen and oxygen atoms in total. The van der Waals surface area contributed by atoms with E-state index in [0.717, 1.165) is 57.1 Å². The zero-order valence-corrected chi connectivity index (χ0v) is 14.8. The van der Waals surface area contributed by atoms with E-state index >= 15 is 0 Å². The number of hydrogen-bond donors (Lipinski definition) is 0. The molecule has 0 saturated carbocycles. The van der Waals surface area contributed by atoms with Gasteiger partial charge in [-0.1, -0.05) is 0 Å². The number of carbonyl (C=O) groups is 1. The van der Waals surface area contributed by atoms with Crippen molar-refractivity contribution in [3.05, 3.63) is 53.7 Å². The summed E-state index contributed by atoms with van der Waals surface area (Å²) in [5, 5.41) is 0. The highest BCUT2D eigenvalue weighted by atomic mass is 16.3. The Labute approximate surface area is 148 Å². The minimum absolute atomic E-state index is 0.118. The van der Waals surface area contributed by atoms with Gasteiger partial charge in [-0.3, -0.25) is 14.7 Å². The minimum atomic E-state index is 0.118. The SMILES string of the molecule is Cc1ccc(CN2CCC3(CCCN(C(=O)c4cccnc4)C3)C2)o1. The zero-order chi connectivity index (χ0) is 17.3. The van der Waals surface area contributed by atoms with Gasteiger partial charge in [-0.15, -0.1) is 0 Å². The predicted octanol–water partition coefficient (Wildman–Crippen LogP) is 3.11. The Balaban J connectivity index is 1.41. The average Bonchev–Trinajstić information content (AvgIpc) is 3.21. The number of aryl methyl sites for hydroxylation is 1. The van der Waals surface area contributed by atoms with Gasteiger partial charge in [-0.05, 0) is 57.0 Å². The second-order valence-corrected chi connectivity index (χ2v) is 7.54. The Morgan fingerprint density at radius 1 is 1.24 bits per heavy atom. The van der Waals surface area contributed by atoms with Crippen LogP contribution in [0.5, 0.6) is 0 Å². The van der Waals surface area contributed by atoms with Gasteiger partial charge in [0.1, 0.15) is 11.5 Å². The molecule has 2 aliphatic rings. The van der Waals surface area contributed by atoms with Gasteiger partial charge in [0, 0.05) is 37.4 Å². The van der Waals surface area contributed by atoms with Crippen LogP contribution in [0.2, 0.25) is 0 Å². The number of furan rings is 1. The van der Waals surface area contributed by atoms with Crippen LogP contribution in [0.4, 0.5) is 0 Å².